The van der Waals surface area contributed by atoms with Gasteiger partial charge in [0.15, 0.2) is 11.6 Å². The van der Waals surface area contributed by atoms with E-state index in [9.17, 15) is 14.9 Å². The van der Waals surface area contributed by atoms with Crippen molar-refractivity contribution in [3.05, 3.63) is 23.3 Å². The van der Waals surface area contributed by atoms with Gasteiger partial charge in [0.05, 0.1) is 5.57 Å². The number of amides is 1. The van der Waals surface area contributed by atoms with Crippen molar-refractivity contribution in [2.75, 3.05) is 0 Å². The second-order valence-electron chi connectivity index (χ2n) is 13.6. The van der Waals surface area contributed by atoms with Crippen LogP contribution in [0.5, 0.6) is 0 Å². The van der Waals surface area contributed by atoms with Gasteiger partial charge in [-0.1, -0.05) is 53.2 Å². The number of hydrogen-bond acceptors (Lipinski definition) is 4. The predicted molar refractivity (Wildman–Crippen MR) is 136 cm³/mol. The van der Waals surface area contributed by atoms with Gasteiger partial charge in [0.1, 0.15) is 6.07 Å². The van der Waals surface area contributed by atoms with Crippen LogP contribution in [0.2, 0.25) is 0 Å². The summed E-state index contributed by atoms with van der Waals surface area (Å²) in [6.07, 6.45) is 12.2. The van der Waals surface area contributed by atoms with E-state index in [1.165, 1.54) is 24.8 Å². The van der Waals surface area contributed by atoms with Crippen molar-refractivity contribution in [3.8, 4) is 6.07 Å². The minimum absolute atomic E-state index is 0.0166. The molecule has 8 unspecified atom stereocenters. The molecule has 0 radical (unpaired) electrons. The van der Waals surface area contributed by atoms with Crippen LogP contribution in [0.15, 0.2) is 23.3 Å². The summed E-state index contributed by atoms with van der Waals surface area (Å²) < 4.78 is 0. The fourth-order valence-electron chi connectivity index (χ4n) is 9.17. The summed E-state index contributed by atoms with van der Waals surface area (Å²) in [4.78, 5) is 35.3. The van der Waals surface area contributed by atoms with Crippen LogP contribution in [0, 0.1) is 62.6 Å². The van der Waals surface area contributed by atoms with E-state index in [1.807, 2.05) is 19.1 Å². The lowest BCUT2D eigenvalue weighted by Gasteiger charge is -2.64. The molecule has 0 aliphatic heterocycles. The number of nitrogens with zero attached hydrogens (tertiary/aromatic N) is 1. The minimum atomic E-state index is -0.376. The fraction of sp³-hybridized carbons (Fsp3) is 0.733. The maximum absolute atomic E-state index is 13.9. The Morgan fingerprint density at radius 1 is 1.00 bits per heavy atom. The quantitative estimate of drug-likeness (QED) is 0.461. The lowest BCUT2D eigenvalue weighted by atomic mass is 9.39. The first-order valence-electron chi connectivity index (χ1n) is 13.4. The van der Waals surface area contributed by atoms with Gasteiger partial charge in [-0.3, -0.25) is 14.4 Å². The molecule has 5 rings (SSSR count). The van der Waals surface area contributed by atoms with Crippen molar-refractivity contribution in [1.82, 2.24) is 0 Å². The summed E-state index contributed by atoms with van der Waals surface area (Å²) in [7, 11) is 0. The Balaban J connectivity index is 0.000000917. The van der Waals surface area contributed by atoms with E-state index in [1.54, 1.807) is 0 Å². The molecular formula is C30H42N2O3. The number of Topliss-reactive ketones (excluding diaryl/α,β-unsaturated/α-hetero) is 1. The van der Waals surface area contributed by atoms with Crippen LogP contribution >= 0.6 is 0 Å². The maximum Gasteiger partial charge on any atom is 0.204 e. The van der Waals surface area contributed by atoms with E-state index in [-0.39, 0.29) is 46.2 Å². The third kappa shape index (κ3) is 3.74. The molecule has 1 amide bonds. The predicted octanol–water partition coefficient (Wildman–Crippen LogP) is 5.55. The number of allylic oxidation sites excluding steroid dienone is 4. The third-order valence-electron chi connectivity index (χ3n) is 11.2. The van der Waals surface area contributed by atoms with Crippen LogP contribution in [0.1, 0.15) is 86.5 Å². The number of fused-ring (bicyclic) bond motifs is 7. The Bertz CT molecular complexity index is 1050. The third-order valence-corrected chi connectivity index (χ3v) is 11.2. The molecule has 5 aliphatic carbocycles. The van der Waals surface area contributed by atoms with E-state index in [2.05, 4.69) is 46.4 Å². The number of hydrogen-bond donors (Lipinski definition) is 1. The number of carbonyl (C=O) groups is 3. The average Bonchev–Trinajstić information content (AvgIpc) is 2.78. The smallest absolute Gasteiger partial charge is 0.204 e. The molecule has 0 aromatic heterocycles. The van der Waals surface area contributed by atoms with Gasteiger partial charge in [-0.25, -0.2) is 0 Å². The summed E-state index contributed by atoms with van der Waals surface area (Å²) in [5.41, 5.74) is 5.88. The monoisotopic (exact) mass is 478 g/mol. The Labute approximate surface area is 210 Å². The molecule has 5 nitrogen and oxygen atoms in total. The number of carbonyl (C=O) groups excluding carboxylic acids is 3. The molecule has 3 saturated carbocycles. The first kappa shape index (κ1) is 25.9. The fourth-order valence-corrected chi connectivity index (χ4v) is 9.17. The number of ketones is 2. The highest BCUT2D eigenvalue weighted by molar-refractivity contribution is 6.02. The number of nitrogens with two attached hydrogens (primary N) is 1. The van der Waals surface area contributed by atoms with Crippen LogP contribution < -0.4 is 5.73 Å². The second kappa shape index (κ2) is 8.43. The Kier molecular flexibility index (Phi) is 6.23. The van der Waals surface area contributed by atoms with Gasteiger partial charge in [0.2, 0.25) is 6.41 Å². The molecule has 0 aromatic carbocycles. The zero-order chi connectivity index (χ0) is 26.0. The molecule has 0 spiro atoms. The van der Waals surface area contributed by atoms with Gasteiger partial charge in [0, 0.05) is 17.3 Å². The van der Waals surface area contributed by atoms with Crippen molar-refractivity contribution >= 4 is 18.0 Å². The van der Waals surface area contributed by atoms with E-state index in [0.717, 1.165) is 25.7 Å². The molecule has 5 heteroatoms. The first-order valence-corrected chi connectivity index (χ1v) is 13.4. The largest absolute Gasteiger partial charge is 0.372 e. The van der Waals surface area contributed by atoms with Gasteiger partial charge in [-0.15, -0.1) is 0 Å². The molecule has 190 valence electrons. The molecule has 3 fully saturated rings. The average molecular weight is 479 g/mol. The molecule has 8 atom stereocenters. The molecule has 0 bridgehead atoms. The number of rotatable bonds is 0. The zero-order valence-electron chi connectivity index (χ0n) is 22.3. The lowest BCUT2D eigenvalue weighted by molar-refractivity contribution is -0.144. The molecule has 0 heterocycles. The summed E-state index contributed by atoms with van der Waals surface area (Å²) >= 11 is 0. The van der Waals surface area contributed by atoms with E-state index < -0.39 is 0 Å². The highest BCUT2D eigenvalue weighted by Crippen LogP contribution is 2.69. The first-order chi connectivity index (χ1) is 16.3. The van der Waals surface area contributed by atoms with Gasteiger partial charge in [0.25, 0.3) is 0 Å². The summed E-state index contributed by atoms with van der Waals surface area (Å²) in [5, 5.41) is 9.66. The zero-order valence-corrected chi connectivity index (χ0v) is 22.3. The second-order valence-corrected chi connectivity index (χ2v) is 13.6. The Hall–Kier alpha value is -2.22. The Morgan fingerprint density at radius 2 is 1.63 bits per heavy atom. The summed E-state index contributed by atoms with van der Waals surface area (Å²) in [6.45, 7) is 13.8. The maximum atomic E-state index is 13.9. The van der Waals surface area contributed by atoms with Crippen molar-refractivity contribution in [1.29, 1.82) is 5.26 Å². The SMILES string of the molecule is CC1C(=O)C(C#N)=CC2(C)C3=CC(=O)C4C5CC(C)(C)CCC5(C)CCC4C3(C)CCC12.NC=O. The van der Waals surface area contributed by atoms with Gasteiger partial charge in [-0.2, -0.15) is 5.26 Å². The molecule has 0 saturated heterocycles. The van der Waals surface area contributed by atoms with Gasteiger partial charge < -0.3 is 5.73 Å². The molecular weight excluding hydrogens is 436 g/mol. The van der Waals surface area contributed by atoms with Gasteiger partial charge >= 0.3 is 0 Å². The molecule has 0 aromatic rings. The van der Waals surface area contributed by atoms with Crippen molar-refractivity contribution in [3.63, 3.8) is 0 Å². The topological polar surface area (TPSA) is 101 Å². The van der Waals surface area contributed by atoms with E-state index in [4.69, 9.17) is 4.79 Å². The van der Waals surface area contributed by atoms with Crippen molar-refractivity contribution in [2.45, 2.75) is 86.5 Å². The summed E-state index contributed by atoms with van der Waals surface area (Å²) in [5.74, 6) is 1.31. The highest BCUT2D eigenvalue weighted by Gasteiger charge is 2.63. The van der Waals surface area contributed by atoms with Crippen LogP contribution in [0.4, 0.5) is 0 Å². The minimum Gasteiger partial charge on any atom is -0.372 e. The molecule has 5 aliphatic rings. The van der Waals surface area contributed by atoms with Crippen LogP contribution in [-0.4, -0.2) is 18.0 Å². The standard InChI is InChI=1S/C29H39NO2.CH3NO/c1-17-19-8-10-28(5)20-7-9-27(4)12-11-26(2,3)15-21(27)24(20)22(31)13-23(28)29(19,6)14-18(16-30)25(17)32;2-1-3/h13-14,17,19-21,24H,7-12,15H2,1-6H3;1H,(H2,2,3). The normalized spacial score (nSPS) is 45.6. The summed E-state index contributed by atoms with van der Waals surface area (Å²) in [6, 6.07) is 2.17. The van der Waals surface area contributed by atoms with Crippen LogP contribution in [0.25, 0.3) is 0 Å². The highest BCUT2D eigenvalue weighted by atomic mass is 16.1. The van der Waals surface area contributed by atoms with Crippen molar-refractivity contribution < 1.29 is 14.4 Å². The molecule has 35 heavy (non-hydrogen) atoms. The van der Waals surface area contributed by atoms with Crippen molar-refractivity contribution in [2.24, 2.45) is 57.0 Å². The Morgan fingerprint density at radius 3 is 2.26 bits per heavy atom. The number of nitriles is 1. The molecule has 2 N–H and O–H groups in total. The van der Waals surface area contributed by atoms with Gasteiger partial charge in [-0.05, 0) is 85.0 Å². The van der Waals surface area contributed by atoms with Crippen LogP contribution in [-0.2, 0) is 14.4 Å². The number of primary amides is 1. The van der Waals surface area contributed by atoms with E-state index >= 15 is 0 Å². The lowest BCUT2D eigenvalue weighted by Crippen LogP contribution is -2.59. The van der Waals surface area contributed by atoms with E-state index in [0.29, 0.717) is 28.6 Å². The van der Waals surface area contributed by atoms with Crippen LogP contribution in [0.3, 0.4) is 0 Å².